The third-order valence-corrected chi connectivity index (χ3v) is 4.71. The average Bonchev–Trinajstić information content (AvgIpc) is 2.49. The first kappa shape index (κ1) is 21.2. The van der Waals surface area contributed by atoms with Crippen LogP contribution in [0.15, 0.2) is 35.4 Å². The van der Waals surface area contributed by atoms with E-state index in [9.17, 15) is 13.2 Å². The van der Waals surface area contributed by atoms with Crippen LogP contribution >= 0.6 is 28.6 Å². The second kappa shape index (κ2) is 8.03. The molecule has 136 valence electrons. The molecule has 0 spiro atoms. The number of sulfone groups is 1. The fraction of sp³-hybridized carbons (Fsp3) is 0.200. The second-order valence-corrected chi connectivity index (χ2v) is 7.61. The number of carbonyl (C=O) groups is 1. The van der Waals surface area contributed by atoms with E-state index in [0.29, 0.717) is 11.3 Å². The lowest BCUT2D eigenvalue weighted by molar-refractivity contribution is 0.0997. The van der Waals surface area contributed by atoms with Crippen molar-refractivity contribution >= 4 is 44.3 Å². The monoisotopic (exact) mass is 449 g/mol. The molecule has 0 saturated carbocycles. The number of methoxy groups -OCH3 is 1. The number of benzene rings is 1. The largest absolute Gasteiger partial charge is 0.496 e. The minimum Gasteiger partial charge on any atom is -0.496 e. The van der Waals surface area contributed by atoms with Crippen molar-refractivity contribution in [3.8, 4) is 5.75 Å². The van der Waals surface area contributed by atoms with Gasteiger partial charge in [-0.3, -0.25) is 10.2 Å². The van der Waals surface area contributed by atoms with E-state index in [1.165, 1.54) is 42.1 Å². The predicted molar refractivity (Wildman–Crippen MR) is 99.3 cm³/mol. The van der Waals surface area contributed by atoms with Gasteiger partial charge in [-0.15, -0.1) is 17.0 Å². The quantitative estimate of drug-likeness (QED) is 0.722. The maximum atomic E-state index is 11.7. The second-order valence-electron chi connectivity index (χ2n) is 5.16. The Morgan fingerprint density at radius 2 is 2.00 bits per heavy atom. The molecule has 0 radical (unpaired) electrons. The van der Waals surface area contributed by atoms with Crippen LogP contribution in [-0.2, 0) is 16.4 Å². The van der Waals surface area contributed by atoms with Gasteiger partial charge in [0.05, 0.1) is 29.1 Å². The van der Waals surface area contributed by atoms with Gasteiger partial charge in [-0.05, 0) is 24.3 Å². The standard InChI is InChI=1S/C15H16ClN3O4S.BrH/c1-23-13-4-3-11(24(2,21)22)5-9(13)7-19-8-10(16)6-12(14(19)17)15(18)20;/h3-6,8,17H,7H2,1-2H3,(H2,18,20);1H. The van der Waals surface area contributed by atoms with Crippen molar-refractivity contribution in [1.29, 1.82) is 5.41 Å². The van der Waals surface area contributed by atoms with Crippen LogP contribution in [0, 0.1) is 5.41 Å². The number of amides is 1. The van der Waals surface area contributed by atoms with E-state index < -0.39 is 15.7 Å². The Labute approximate surface area is 160 Å². The number of hydrogen-bond donors (Lipinski definition) is 2. The number of nitrogens with one attached hydrogen (secondary N) is 1. The number of carbonyl (C=O) groups excluding carboxylic acids is 1. The van der Waals surface area contributed by atoms with Crippen molar-refractivity contribution in [1.82, 2.24) is 4.57 Å². The minimum absolute atomic E-state index is 0. The molecule has 25 heavy (non-hydrogen) atoms. The Kier molecular flexibility index (Phi) is 6.81. The molecule has 1 aromatic heterocycles. The fourth-order valence-corrected chi connectivity index (χ4v) is 3.12. The summed E-state index contributed by atoms with van der Waals surface area (Å²) in [4.78, 5) is 11.5. The van der Waals surface area contributed by atoms with Gasteiger partial charge >= 0.3 is 0 Å². The van der Waals surface area contributed by atoms with Gasteiger partial charge in [0.15, 0.2) is 9.84 Å². The first-order valence-corrected chi connectivity index (χ1v) is 9.01. The molecule has 0 aliphatic heterocycles. The van der Waals surface area contributed by atoms with E-state index in [2.05, 4.69) is 0 Å². The number of hydrogen-bond acceptors (Lipinski definition) is 5. The summed E-state index contributed by atoms with van der Waals surface area (Å²) in [6, 6.07) is 5.75. The third-order valence-electron chi connectivity index (χ3n) is 3.39. The average molecular weight is 451 g/mol. The molecular formula is C15H17BrClN3O4S. The summed E-state index contributed by atoms with van der Waals surface area (Å²) >= 11 is 5.97. The lowest BCUT2D eigenvalue weighted by Gasteiger charge is -2.14. The summed E-state index contributed by atoms with van der Waals surface area (Å²) < 4.78 is 30.1. The van der Waals surface area contributed by atoms with E-state index in [1.807, 2.05) is 0 Å². The van der Waals surface area contributed by atoms with Crippen molar-refractivity contribution < 1.29 is 17.9 Å². The number of ether oxygens (including phenoxy) is 1. The number of rotatable bonds is 5. The number of primary amides is 1. The van der Waals surface area contributed by atoms with E-state index in [4.69, 9.17) is 27.5 Å². The molecule has 0 atom stereocenters. The molecule has 2 rings (SSSR count). The Hall–Kier alpha value is -1.84. The predicted octanol–water partition coefficient (Wildman–Crippen LogP) is 1.76. The molecule has 0 aliphatic carbocycles. The summed E-state index contributed by atoms with van der Waals surface area (Å²) in [6.45, 7) is 0.0895. The number of aromatic nitrogens is 1. The van der Waals surface area contributed by atoms with Crippen molar-refractivity contribution in [3.63, 3.8) is 0 Å². The van der Waals surface area contributed by atoms with Crippen molar-refractivity contribution in [3.05, 3.63) is 52.1 Å². The summed E-state index contributed by atoms with van der Waals surface area (Å²) in [6.07, 6.45) is 2.56. The van der Waals surface area contributed by atoms with Crippen LogP contribution in [0.4, 0.5) is 0 Å². The molecule has 0 aliphatic rings. The van der Waals surface area contributed by atoms with Crippen LogP contribution in [0.2, 0.25) is 5.02 Å². The Morgan fingerprint density at radius 3 is 2.52 bits per heavy atom. The van der Waals surface area contributed by atoms with Gasteiger partial charge in [0.1, 0.15) is 11.2 Å². The van der Waals surface area contributed by atoms with Crippen LogP contribution in [0.3, 0.4) is 0 Å². The van der Waals surface area contributed by atoms with Gasteiger partial charge in [0, 0.05) is 18.0 Å². The summed E-state index contributed by atoms with van der Waals surface area (Å²) in [7, 11) is -1.94. The van der Waals surface area contributed by atoms with E-state index >= 15 is 0 Å². The fourth-order valence-electron chi connectivity index (χ4n) is 2.22. The number of nitrogens with two attached hydrogens (primary N) is 1. The summed E-state index contributed by atoms with van der Waals surface area (Å²) in [5, 5.41) is 8.31. The molecule has 2 aromatic rings. The van der Waals surface area contributed by atoms with Gasteiger partial charge in [-0.2, -0.15) is 0 Å². The molecule has 0 bridgehead atoms. The maximum absolute atomic E-state index is 11.7. The lowest BCUT2D eigenvalue weighted by atomic mass is 10.2. The van der Waals surface area contributed by atoms with Crippen LogP contribution in [-0.4, -0.2) is 32.3 Å². The van der Waals surface area contributed by atoms with Crippen LogP contribution in [0.1, 0.15) is 15.9 Å². The SMILES string of the molecule is Br.COc1ccc(S(C)(=O)=O)cc1Cn1cc(Cl)cc(C(N)=O)c1=N. The van der Waals surface area contributed by atoms with Crippen molar-refractivity contribution in [2.45, 2.75) is 11.4 Å². The highest BCUT2D eigenvalue weighted by Gasteiger charge is 2.14. The highest BCUT2D eigenvalue weighted by molar-refractivity contribution is 8.93. The topological polar surface area (TPSA) is 115 Å². The number of nitrogens with zero attached hydrogens (tertiary/aromatic N) is 1. The summed E-state index contributed by atoms with van der Waals surface area (Å²) in [5.74, 6) is -0.317. The van der Waals surface area contributed by atoms with Gasteiger partial charge in [0.2, 0.25) is 0 Å². The van der Waals surface area contributed by atoms with Crippen LogP contribution < -0.4 is 16.0 Å². The molecule has 10 heteroatoms. The summed E-state index contributed by atoms with van der Waals surface area (Å²) in [5.41, 5.74) is 5.62. The Bertz CT molecular complexity index is 973. The normalized spacial score (nSPS) is 10.8. The maximum Gasteiger partial charge on any atom is 0.252 e. The molecule has 1 aromatic carbocycles. The molecule has 7 nitrogen and oxygen atoms in total. The van der Waals surface area contributed by atoms with Crippen LogP contribution in [0.25, 0.3) is 0 Å². The smallest absolute Gasteiger partial charge is 0.252 e. The van der Waals surface area contributed by atoms with Crippen molar-refractivity contribution in [2.24, 2.45) is 5.73 Å². The van der Waals surface area contributed by atoms with Gasteiger partial charge in [-0.1, -0.05) is 11.6 Å². The zero-order chi connectivity index (χ0) is 18.1. The molecule has 0 saturated heterocycles. The molecule has 1 heterocycles. The third kappa shape index (κ3) is 4.83. The number of pyridine rings is 1. The first-order valence-electron chi connectivity index (χ1n) is 6.75. The number of halogens is 2. The van der Waals surface area contributed by atoms with Gasteiger partial charge in [-0.25, -0.2) is 8.42 Å². The lowest BCUT2D eigenvalue weighted by Crippen LogP contribution is -2.29. The molecule has 1 amide bonds. The van der Waals surface area contributed by atoms with E-state index in [0.717, 1.165) is 6.26 Å². The Balaban J connectivity index is 0.00000312. The van der Waals surface area contributed by atoms with Crippen LogP contribution in [0.5, 0.6) is 5.75 Å². The molecule has 3 N–H and O–H groups in total. The molecular weight excluding hydrogens is 434 g/mol. The van der Waals surface area contributed by atoms with Crippen molar-refractivity contribution in [2.75, 3.05) is 13.4 Å². The highest BCUT2D eigenvalue weighted by atomic mass is 79.9. The molecule has 0 fully saturated rings. The molecule has 0 unspecified atom stereocenters. The zero-order valence-corrected chi connectivity index (χ0v) is 16.7. The van der Waals surface area contributed by atoms with E-state index in [1.54, 1.807) is 0 Å². The van der Waals surface area contributed by atoms with Gasteiger partial charge < -0.3 is 15.0 Å². The van der Waals surface area contributed by atoms with Gasteiger partial charge in [0.25, 0.3) is 5.91 Å². The first-order chi connectivity index (χ1) is 11.1. The Morgan fingerprint density at radius 1 is 1.36 bits per heavy atom. The minimum atomic E-state index is -3.39. The zero-order valence-electron chi connectivity index (χ0n) is 13.4. The van der Waals surface area contributed by atoms with E-state index in [-0.39, 0.29) is 44.5 Å². The highest BCUT2D eigenvalue weighted by Crippen LogP contribution is 2.23.